The van der Waals surface area contributed by atoms with Gasteiger partial charge in [0.05, 0.1) is 17.1 Å². The molecule has 0 bridgehead atoms. The maximum Gasteiger partial charge on any atom is 0.307 e. The molecule has 84 valence electrons. The summed E-state index contributed by atoms with van der Waals surface area (Å²) >= 11 is 9.25. The largest absolute Gasteiger partial charge is 0.481 e. The molecule has 16 heavy (non-hydrogen) atoms. The van der Waals surface area contributed by atoms with E-state index in [1.807, 2.05) is 0 Å². The topological polar surface area (TPSA) is 69.9 Å². The molecule has 0 fully saturated rings. The minimum Gasteiger partial charge on any atom is -0.481 e. The average molecular weight is 305 g/mol. The number of benzene rings is 1. The molecule has 1 unspecified atom stereocenters. The molecule has 0 saturated carbocycles. The molecule has 1 aromatic carbocycles. The van der Waals surface area contributed by atoms with Crippen LogP contribution in [-0.2, 0) is 10.4 Å². The summed E-state index contributed by atoms with van der Waals surface area (Å²) < 4.78 is 0.599. The van der Waals surface area contributed by atoms with Gasteiger partial charge in [0, 0.05) is 16.3 Å². The summed E-state index contributed by atoms with van der Waals surface area (Å²) in [6, 6.07) is 3.37. The lowest BCUT2D eigenvalue weighted by atomic mass is 9.92. The lowest BCUT2D eigenvalue weighted by molar-refractivity contribution is -0.140. The number of rotatable bonds is 2. The number of aliphatic hydroxyl groups is 1. The fourth-order valence-corrected chi connectivity index (χ4v) is 2.32. The first kappa shape index (κ1) is 11.6. The second kappa shape index (κ2) is 3.84. The number of carbonyl (C=O) groups is 1. The highest BCUT2D eigenvalue weighted by molar-refractivity contribution is 9.10. The molecule has 4 nitrogen and oxygen atoms in total. The number of carboxylic acids is 1. The average Bonchev–Trinajstić information content (AvgIpc) is 2.49. The molecule has 0 amide bonds. The highest BCUT2D eigenvalue weighted by Gasteiger charge is 2.39. The number of halogens is 2. The van der Waals surface area contributed by atoms with Gasteiger partial charge in [-0.15, -0.1) is 0 Å². The van der Waals surface area contributed by atoms with Gasteiger partial charge < -0.3 is 10.2 Å². The van der Waals surface area contributed by atoms with E-state index in [2.05, 4.69) is 20.9 Å². The Hall–Kier alpha value is -0.910. The van der Waals surface area contributed by atoms with Crippen molar-refractivity contribution < 1.29 is 15.0 Å². The Morgan fingerprint density at radius 2 is 2.25 bits per heavy atom. The minimum atomic E-state index is -1.62. The monoisotopic (exact) mass is 303 g/mol. The van der Waals surface area contributed by atoms with Gasteiger partial charge >= 0.3 is 5.97 Å². The van der Waals surface area contributed by atoms with Crippen molar-refractivity contribution in [1.82, 2.24) is 0 Å². The van der Waals surface area contributed by atoms with Crippen LogP contribution in [0.25, 0.3) is 0 Å². The van der Waals surface area contributed by atoms with Gasteiger partial charge in [0.25, 0.3) is 0 Å². The first-order valence-corrected chi connectivity index (χ1v) is 5.59. The zero-order valence-electron chi connectivity index (χ0n) is 7.94. The first-order valence-electron chi connectivity index (χ1n) is 4.42. The number of aliphatic carboxylic acids is 1. The number of hydrogen-bond donors (Lipinski definition) is 2. The Bertz CT molecular complexity index is 503. The van der Waals surface area contributed by atoms with Crippen LogP contribution in [0, 0.1) is 0 Å². The van der Waals surface area contributed by atoms with Crippen molar-refractivity contribution >= 4 is 45.4 Å². The summed E-state index contributed by atoms with van der Waals surface area (Å²) in [5.74, 6) is -1.11. The van der Waals surface area contributed by atoms with Crippen LogP contribution in [0.1, 0.15) is 12.0 Å². The predicted molar refractivity (Wildman–Crippen MR) is 63.5 cm³/mol. The minimum absolute atomic E-state index is 0.291. The molecule has 0 saturated heterocycles. The van der Waals surface area contributed by atoms with Crippen LogP contribution in [0.4, 0.5) is 5.69 Å². The van der Waals surface area contributed by atoms with E-state index in [4.69, 9.17) is 16.7 Å². The number of nitrogens with zero attached hydrogens (tertiary/aromatic N) is 1. The molecule has 1 aliphatic heterocycles. The van der Waals surface area contributed by atoms with Crippen molar-refractivity contribution in [2.75, 3.05) is 0 Å². The fourth-order valence-electron chi connectivity index (χ4n) is 1.67. The van der Waals surface area contributed by atoms with Crippen molar-refractivity contribution in [3.63, 3.8) is 0 Å². The number of aliphatic imine (C=N–C) groups is 1. The first-order chi connectivity index (χ1) is 7.44. The molecule has 0 radical (unpaired) electrons. The highest BCUT2D eigenvalue weighted by Crippen LogP contribution is 2.44. The SMILES string of the molecule is O=C(O)CC1(O)C=Nc2ccc(Br)c(Cl)c21. The van der Waals surface area contributed by atoms with Gasteiger partial charge in [-0.05, 0) is 28.1 Å². The van der Waals surface area contributed by atoms with Crippen LogP contribution in [0.3, 0.4) is 0 Å². The summed E-state index contributed by atoms with van der Waals surface area (Å²) in [6.45, 7) is 0. The quantitative estimate of drug-likeness (QED) is 0.882. The molecule has 1 aromatic rings. The van der Waals surface area contributed by atoms with Crippen LogP contribution in [0.15, 0.2) is 21.6 Å². The van der Waals surface area contributed by atoms with Crippen LogP contribution in [0.2, 0.25) is 5.02 Å². The van der Waals surface area contributed by atoms with E-state index in [1.165, 1.54) is 6.21 Å². The predicted octanol–water partition coefficient (Wildman–Crippen LogP) is 2.48. The van der Waals surface area contributed by atoms with Crippen molar-refractivity contribution in [3.05, 3.63) is 27.2 Å². The molecular formula is C10H7BrClNO3. The smallest absolute Gasteiger partial charge is 0.307 e. The molecule has 1 aliphatic rings. The van der Waals surface area contributed by atoms with Crippen LogP contribution < -0.4 is 0 Å². The van der Waals surface area contributed by atoms with Crippen molar-refractivity contribution in [3.8, 4) is 0 Å². The summed E-state index contributed by atoms with van der Waals surface area (Å²) in [5.41, 5.74) is -0.787. The summed E-state index contributed by atoms with van der Waals surface area (Å²) in [6.07, 6.45) is 0.754. The van der Waals surface area contributed by atoms with E-state index in [-0.39, 0.29) is 0 Å². The Morgan fingerprint density at radius 3 is 2.88 bits per heavy atom. The van der Waals surface area contributed by atoms with Gasteiger partial charge in [-0.3, -0.25) is 9.79 Å². The van der Waals surface area contributed by atoms with Gasteiger partial charge in [0.15, 0.2) is 0 Å². The highest BCUT2D eigenvalue weighted by atomic mass is 79.9. The van der Waals surface area contributed by atoms with Gasteiger partial charge in [-0.25, -0.2) is 0 Å². The normalized spacial score (nSPS) is 22.2. The third-order valence-corrected chi connectivity index (χ3v) is 3.63. The zero-order chi connectivity index (χ0) is 11.9. The Labute approximate surface area is 105 Å². The Kier molecular flexibility index (Phi) is 2.77. The lowest BCUT2D eigenvalue weighted by Crippen LogP contribution is -2.28. The van der Waals surface area contributed by atoms with Crippen molar-refractivity contribution in [2.24, 2.45) is 4.99 Å². The fraction of sp³-hybridized carbons (Fsp3) is 0.200. The molecule has 1 heterocycles. The molecule has 2 rings (SSSR count). The molecule has 0 aliphatic carbocycles. The van der Waals surface area contributed by atoms with Gasteiger partial charge in [-0.1, -0.05) is 11.6 Å². The van der Waals surface area contributed by atoms with Gasteiger partial charge in [0.1, 0.15) is 5.60 Å². The second-order valence-corrected chi connectivity index (χ2v) is 4.74. The lowest BCUT2D eigenvalue weighted by Gasteiger charge is -2.20. The van der Waals surface area contributed by atoms with E-state index in [9.17, 15) is 9.90 Å². The van der Waals surface area contributed by atoms with Gasteiger partial charge in [0.2, 0.25) is 0 Å². The van der Waals surface area contributed by atoms with E-state index in [1.54, 1.807) is 12.1 Å². The molecule has 2 N–H and O–H groups in total. The maximum absolute atomic E-state index is 10.7. The Balaban J connectivity index is 2.56. The van der Waals surface area contributed by atoms with Gasteiger partial charge in [-0.2, -0.15) is 0 Å². The third kappa shape index (κ3) is 1.75. The summed E-state index contributed by atoms with van der Waals surface area (Å²) in [5, 5.41) is 19.2. The Morgan fingerprint density at radius 1 is 1.56 bits per heavy atom. The van der Waals surface area contributed by atoms with Crippen LogP contribution in [-0.4, -0.2) is 22.4 Å². The molecule has 1 atom stereocenters. The number of hydrogen-bond acceptors (Lipinski definition) is 3. The molecule has 6 heteroatoms. The molecular weight excluding hydrogens is 297 g/mol. The maximum atomic E-state index is 10.7. The van der Waals surface area contributed by atoms with E-state index < -0.39 is 18.0 Å². The molecule has 0 spiro atoms. The standard InChI is InChI=1S/C10H7BrClNO3/c11-5-1-2-6-8(9(5)12)10(16,4-13-6)3-7(14)15/h1-2,4,16H,3H2,(H,14,15). The third-order valence-electron chi connectivity index (χ3n) is 2.34. The van der Waals surface area contributed by atoms with Crippen molar-refractivity contribution in [1.29, 1.82) is 0 Å². The van der Waals surface area contributed by atoms with Crippen LogP contribution in [0.5, 0.6) is 0 Å². The zero-order valence-corrected chi connectivity index (χ0v) is 10.3. The number of fused-ring (bicyclic) bond motifs is 1. The van der Waals surface area contributed by atoms with E-state index in [0.29, 0.717) is 20.7 Å². The number of carboxylic acid groups (broad SMARTS) is 1. The summed E-state index contributed by atoms with van der Waals surface area (Å²) in [7, 11) is 0. The van der Waals surface area contributed by atoms with Crippen LogP contribution >= 0.6 is 27.5 Å². The second-order valence-electron chi connectivity index (χ2n) is 3.51. The van der Waals surface area contributed by atoms with Crippen molar-refractivity contribution in [2.45, 2.75) is 12.0 Å². The van der Waals surface area contributed by atoms with E-state index >= 15 is 0 Å². The summed E-state index contributed by atoms with van der Waals surface area (Å²) in [4.78, 5) is 14.7. The van der Waals surface area contributed by atoms with E-state index in [0.717, 1.165) is 0 Å². The molecule has 0 aromatic heterocycles.